The zero-order valence-corrected chi connectivity index (χ0v) is 15.1. The first-order valence-electron chi connectivity index (χ1n) is 8.15. The number of halogens is 2. The van der Waals surface area contributed by atoms with Crippen LogP contribution in [0.5, 0.6) is 0 Å². The summed E-state index contributed by atoms with van der Waals surface area (Å²) < 4.78 is 32.4. The van der Waals surface area contributed by atoms with E-state index in [-0.39, 0.29) is 5.56 Å². The van der Waals surface area contributed by atoms with Crippen LogP contribution >= 0.6 is 0 Å². The minimum Gasteiger partial charge on any atom is -0.466 e. The molecule has 6 nitrogen and oxygen atoms in total. The van der Waals surface area contributed by atoms with Crippen LogP contribution in [-0.2, 0) is 15.1 Å². The van der Waals surface area contributed by atoms with E-state index in [9.17, 15) is 23.5 Å². The van der Waals surface area contributed by atoms with Crippen molar-refractivity contribution >= 4 is 12.1 Å². The van der Waals surface area contributed by atoms with E-state index in [4.69, 9.17) is 0 Å². The van der Waals surface area contributed by atoms with Gasteiger partial charge in [-0.15, -0.1) is 0 Å². The van der Waals surface area contributed by atoms with Gasteiger partial charge >= 0.3 is 12.1 Å². The normalized spacial score (nSPS) is 23.5. The molecule has 1 amide bonds. The number of rotatable bonds is 3. The number of pyridine rings is 1. The number of methoxy groups -OCH3 is 1. The van der Waals surface area contributed by atoms with Crippen LogP contribution in [0.1, 0.15) is 39.2 Å². The molecule has 1 fully saturated rings. The van der Waals surface area contributed by atoms with E-state index in [0.29, 0.717) is 12.8 Å². The molecular formula is C18H22F2N2O4. The Hall–Kier alpha value is -2.51. The first kappa shape index (κ1) is 19.8. The minimum atomic E-state index is -1.27. The molecule has 1 aromatic heterocycles. The van der Waals surface area contributed by atoms with Gasteiger partial charge in [0.05, 0.1) is 18.7 Å². The maximum Gasteiger partial charge on any atom is 0.408 e. The van der Waals surface area contributed by atoms with Crippen molar-refractivity contribution in [1.82, 2.24) is 9.88 Å². The van der Waals surface area contributed by atoms with Crippen molar-refractivity contribution in [1.29, 1.82) is 0 Å². The summed E-state index contributed by atoms with van der Waals surface area (Å²) in [6.45, 7) is 5.37. The number of carbonyl (C=O) groups excluding carboxylic acids is 1. The van der Waals surface area contributed by atoms with E-state index in [0.717, 1.165) is 17.0 Å². The van der Waals surface area contributed by atoms with Gasteiger partial charge in [0, 0.05) is 11.6 Å². The Bertz CT molecular complexity index is 745. The van der Waals surface area contributed by atoms with Crippen molar-refractivity contribution in [2.75, 3.05) is 7.11 Å². The van der Waals surface area contributed by atoms with Gasteiger partial charge in [-0.2, -0.15) is 13.8 Å². The Labute approximate surface area is 150 Å². The van der Waals surface area contributed by atoms with Crippen LogP contribution in [0.4, 0.5) is 13.6 Å². The highest BCUT2D eigenvalue weighted by Crippen LogP contribution is 2.54. The van der Waals surface area contributed by atoms with E-state index in [1.807, 2.05) is 0 Å². The SMILES string of the molecule is COC(=O)C=C[C@H]1CC[C@@](c2ccc(F)nc2F)(C(C)(C)C)N1C(=O)O. The van der Waals surface area contributed by atoms with Crippen LogP contribution in [0.15, 0.2) is 24.3 Å². The van der Waals surface area contributed by atoms with Crippen LogP contribution in [0.3, 0.4) is 0 Å². The van der Waals surface area contributed by atoms with Crippen molar-refractivity contribution in [3.8, 4) is 0 Å². The highest BCUT2D eigenvalue weighted by molar-refractivity contribution is 5.82. The molecule has 2 heterocycles. The van der Waals surface area contributed by atoms with Crippen LogP contribution in [0, 0.1) is 17.3 Å². The quantitative estimate of drug-likeness (QED) is 0.502. The lowest BCUT2D eigenvalue weighted by atomic mass is 9.68. The van der Waals surface area contributed by atoms with Crippen molar-refractivity contribution < 1.29 is 28.2 Å². The Morgan fingerprint density at radius 2 is 2.04 bits per heavy atom. The van der Waals surface area contributed by atoms with Gasteiger partial charge in [0.2, 0.25) is 11.9 Å². The van der Waals surface area contributed by atoms with E-state index >= 15 is 0 Å². The maximum atomic E-state index is 14.5. The molecule has 1 N–H and O–H groups in total. The molecule has 1 aliphatic heterocycles. The Morgan fingerprint density at radius 3 is 2.54 bits per heavy atom. The Morgan fingerprint density at radius 1 is 1.38 bits per heavy atom. The molecule has 1 aromatic rings. The zero-order valence-electron chi connectivity index (χ0n) is 15.1. The molecule has 8 heteroatoms. The van der Waals surface area contributed by atoms with Gasteiger partial charge in [-0.05, 0) is 30.4 Å². The Kier molecular flexibility index (Phi) is 5.34. The van der Waals surface area contributed by atoms with E-state index in [1.54, 1.807) is 20.8 Å². The summed E-state index contributed by atoms with van der Waals surface area (Å²) in [5, 5.41) is 9.87. The molecule has 0 aliphatic carbocycles. The second-order valence-electron chi connectivity index (χ2n) is 7.22. The fraction of sp³-hybridized carbons (Fsp3) is 0.500. The summed E-state index contributed by atoms with van der Waals surface area (Å²) in [4.78, 5) is 27.8. The first-order valence-corrected chi connectivity index (χ1v) is 8.15. The van der Waals surface area contributed by atoms with Crippen LogP contribution in [0.2, 0.25) is 0 Å². The minimum absolute atomic E-state index is 0.0165. The maximum absolute atomic E-state index is 14.5. The monoisotopic (exact) mass is 368 g/mol. The molecule has 0 spiro atoms. The fourth-order valence-corrected chi connectivity index (χ4v) is 3.76. The number of likely N-dealkylation sites (tertiary alicyclic amines) is 1. The number of carboxylic acid groups (broad SMARTS) is 1. The number of amides is 1. The van der Waals surface area contributed by atoms with Crippen LogP contribution < -0.4 is 0 Å². The number of nitrogens with zero attached hydrogens (tertiary/aromatic N) is 2. The molecule has 0 bridgehead atoms. The summed E-state index contributed by atoms with van der Waals surface area (Å²) in [5.74, 6) is -2.63. The number of hydrogen-bond acceptors (Lipinski definition) is 4. The fourth-order valence-electron chi connectivity index (χ4n) is 3.76. The molecule has 0 radical (unpaired) electrons. The first-order chi connectivity index (χ1) is 12.0. The van der Waals surface area contributed by atoms with Crippen molar-refractivity contribution in [3.63, 3.8) is 0 Å². The third-order valence-electron chi connectivity index (χ3n) is 4.91. The molecule has 1 saturated heterocycles. The summed E-state index contributed by atoms with van der Waals surface area (Å²) in [6.07, 6.45) is 1.98. The summed E-state index contributed by atoms with van der Waals surface area (Å²) >= 11 is 0. The molecule has 26 heavy (non-hydrogen) atoms. The highest BCUT2D eigenvalue weighted by Gasteiger charge is 2.57. The van der Waals surface area contributed by atoms with Gasteiger partial charge in [-0.25, -0.2) is 9.59 Å². The van der Waals surface area contributed by atoms with Gasteiger partial charge in [0.25, 0.3) is 0 Å². The number of hydrogen-bond donors (Lipinski definition) is 1. The van der Waals surface area contributed by atoms with Gasteiger partial charge in [0.1, 0.15) is 0 Å². The second-order valence-corrected chi connectivity index (χ2v) is 7.22. The summed E-state index contributed by atoms with van der Waals surface area (Å²) in [7, 11) is 1.22. The van der Waals surface area contributed by atoms with Crippen molar-refractivity contribution in [2.24, 2.45) is 5.41 Å². The molecule has 0 unspecified atom stereocenters. The van der Waals surface area contributed by atoms with Gasteiger partial charge < -0.3 is 9.84 Å². The van der Waals surface area contributed by atoms with Crippen LogP contribution in [0.25, 0.3) is 0 Å². The number of ether oxygens (including phenoxy) is 1. The highest BCUT2D eigenvalue weighted by atomic mass is 19.1. The van der Waals surface area contributed by atoms with E-state index < -0.39 is 41.0 Å². The van der Waals surface area contributed by atoms with E-state index in [1.165, 1.54) is 19.3 Å². The average Bonchev–Trinajstić information content (AvgIpc) is 2.93. The largest absolute Gasteiger partial charge is 0.466 e. The van der Waals surface area contributed by atoms with Gasteiger partial charge in [-0.1, -0.05) is 26.8 Å². The third kappa shape index (κ3) is 3.27. The smallest absolute Gasteiger partial charge is 0.408 e. The lowest BCUT2D eigenvalue weighted by Gasteiger charge is -2.48. The summed E-state index contributed by atoms with van der Waals surface area (Å²) in [6, 6.07) is 1.60. The lowest BCUT2D eigenvalue weighted by molar-refractivity contribution is -0.134. The number of esters is 1. The topological polar surface area (TPSA) is 79.7 Å². The van der Waals surface area contributed by atoms with Gasteiger partial charge in [-0.3, -0.25) is 4.90 Å². The Balaban J connectivity index is 2.63. The number of carbonyl (C=O) groups is 2. The molecular weight excluding hydrogens is 346 g/mol. The predicted octanol–water partition coefficient (Wildman–Crippen LogP) is 3.47. The molecule has 2 atom stereocenters. The number of aromatic nitrogens is 1. The lowest BCUT2D eigenvalue weighted by Crippen LogP contribution is -2.55. The van der Waals surface area contributed by atoms with Gasteiger partial charge in [0.15, 0.2) is 0 Å². The zero-order chi connectivity index (χ0) is 19.7. The molecule has 0 saturated carbocycles. The second kappa shape index (κ2) is 7.01. The average molecular weight is 368 g/mol. The third-order valence-corrected chi connectivity index (χ3v) is 4.91. The van der Waals surface area contributed by atoms with Crippen molar-refractivity contribution in [2.45, 2.75) is 45.2 Å². The predicted molar refractivity (Wildman–Crippen MR) is 89.3 cm³/mol. The molecule has 0 aromatic carbocycles. The molecule has 1 aliphatic rings. The van der Waals surface area contributed by atoms with Crippen molar-refractivity contribution in [3.05, 3.63) is 41.7 Å². The standard InChI is InChI=1S/C18H22F2N2O4/c1-17(2,3)18(12-6-7-13(19)21-15(12)20)10-9-11(22(18)16(24)25)5-8-14(23)26-4/h5-8,11H,9-10H2,1-4H3,(H,24,25)/t11-,18+/m0/s1. The molecule has 2 rings (SSSR count). The molecule has 142 valence electrons. The van der Waals surface area contributed by atoms with E-state index in [2.05, 4.69) is 9.72 Å². The summed E-state index contributed by atoms with van der Waals surface area (Å²) in [5.41, 5.74) is -1.98. The van der Waals surface area contributed by atoms with Crippen LogP contribution in [-0.4, -0.2) is 40.2 Å².